The molecule has 0 fully saturated rings. The predicted octanol–water partition coefficient (Wildman–Crippen LogP) is 3.96. The number of ether oxygens (including phenoxy) is 1. The van der Waals surface area contributed by atoms with Crippen molar-refractivity contribution in [2.75, 3.05) is 6.54 Å². The molecule has 4 heteroatoms. The van der Waals surface area contributed by atoms with Gasteiger partial charge in [-0.05, 0) is 18.1 Å². The molecule has 2 rings (SSSR count). The minimum Gasteiger partial charge on any atom is -0.483 e. The summed E-state index contributed by atoms with van der Waals surface area (Å²) in [4.78, 5) is 10.4. The molecule has 0 saturated heterocycles. The Morgan fingerprint density at radius 3 is 2.84 bits per heavy atom. The van der Waals surface area contributed by atoms with Crippen molar-refractivity contribution >= 4 is 6.08 Å². The van der Waals surface area contributed by atoms with Crippen molar-refractivity contribution in [1.29, 1.82) is 0 Å². The van der Waals surface area contributed by atoms with Crippen LogP contribution in [0.5, 0.6) is 0 Å². The van der Waals surface area contributed by atoms with Crippen LogP contribution < -0.4 is 0 Å². The average molecular weight is 261 g/mol. The van der Waals surface area contributed by atoms with E-state index in [4.69, 9.17) is 4.74 Å². The number of nitro groups is 1. The summed E-state index contributed by atoms with van der Waals surface area (Å²) in [5, 5.41) is 10.8. The van der Waals surface area contributed by atoms with Gasteiger partial charge in [-0.2, -0.15) is 0 Å². The van der Waals surface area contributed by atoms with Gasteiger partial charge in [-0.25, -0.2) is 0 Å². The first-order chi connectivity index (χ1) is 9.20. The summed E-state index contributed by atoms with van der Waals surface area (Å²) >= 11 is 0. The Balaban J connectivity index is 2.16. The smallest absolute Gasteiger partial charge is 0.244 e. The molecular formula is C15H19NO3. The van der Waals surface area contributed by atoms with Gasteiger partial charge < -0.3 is 4.74 Å². The van der Waals surface area contributed by atoms with Crippen LogP contribution in [0.2, 0.25) is 0 Å². The first-order valence-electron chi connectivity index (χ1n) is 6.78. The predicted molar refractivity (Wildman–Crippen MR) is 74.2 cm³/mol. The van der Waals surface area contributed by atoms with Crippen LogP contribution in [0.1, 0.15) is 49.8 Å². The van der Waals surface area contributed by atoms with Crippen LogP contribution in [0.3, 0.4) is 0 Å². The third-order valence-corrected chi connectivity index (χ3v) is 3.29. The van der Waals surface area contributed by atoms with E-state index in [1.165, 1.54) is 0 Å². The SMILES string of the molecule is CCCCCC1=Cc2ccccc2C(C[N+](=O)[O-])O1. The summed E-state index contributed by atoms with van der Waals surface area (Å²) in [6.07, 6.45) is 5.80. The Morgan fingerprint density at radius 2 is 2.11 bits per heavy atom. The Morgan fingerprint density at radius 1 is 1.32 bits per heavy atom. The maximum Gasteiger partial charge on any atom is 0.244 e. The largest absolute Gasteiger partial charge is 0.483 e. The van der Waals surface area contributed by atoms with Crippen molar-refractivity contribution in [3.8, 4) is 0 Å². The highest BCUT2D eigenvalue weighted by molar-refractivity contribution is 5.58. The average Bonchev–Trinajstić information content (AvgIpc) is 2.38. The maximum atomic E-state index is 10.8. The topological polar surface area (TPSA) is 52.4 Å². The molecule has 0 aromatic heterocycles. The fourth-order valence-corrected chi connectivity index (χ4v) is 2.34. The van der Waals surface area contributed by atoms with Crippen LogP contribution in [0.15, 0.2) is 30.0 Å². The third kappa shape index (κ3) is 3.56. The van der Waals surface area contributed by atoms with Gasteiger partial charge >= 0.3 is 0 Å². The first kappa shape index (κ1) is 13.6. The summed E-state index contributed by atoms with van der Waals surface area (Å²) in [5.74, 6) is 0.874. The highest BCUT2D eigenvalue weighted by Crippen LogP contribution is 2.33. The molecule has 19 heavy (non-hydrogen) atoms. The second kappa shape index (κ2) is 6.36. The second-order valence-corrected chi connectivity index (χ2v) is 4.82. The van der Waals surface area contributed by atoms with Crippen LogP contribution in [-0.2, 0) is 4.74 Å². The van der Waals surface area contributed by atoms with E-state index in [-0.39, 0.29) is 11.5 Å². The molecule has 0 amide bonds. The lowest BCUT2D eigenvalue weighted by atomic mass is 9.98. The van der Waals surface area contributed by atoms with Gasteiger partial charge in [-0.15, -0.1) is 0 Å². The summed E-state index contributed by atoms with van der Waals surface area (Å²) in [6.45, 7) is 1.98. The number of rotatable bonds is 6. The van der Waals surface area contributed by atoms with Gasteiger partial charge in [-0.1, -0.05) is 44.0 Å². The van der Waals surface area contributed by atoms with Gasteiger partial charge in [0.25, 0.3) is 0 Å². The molecule has 0 saturated carbocycles. The van der Waals surface area contributed by atoms with Gasteiger partial charge in [0.2, 0.25) is 6.54 Å². The monoisotopic (exact) mass is 261 g/mol. The first-order valence-corrected chi connectivity index (χ1v) is 6.78. The molecule has 0 aliphatic carbocycles. The van der Waals surface area contributed by atoms with Gasteiger partial charge in [0.15, 0.2) is 6.10 Å². The van der Waals surface area contributed by atoms with Crippen LogP contribution in [-0.4, -0.2) is 11.5 Å². The molecule has 0 N–H and O–H groups in total. The zero-order valence-corrected chi connectivity index (χ0v) is 11.2. The van der Waals surface area contributed by atoms with E-state index in [1.54, 1.807) is 0 Å². The fraction of sp³-hybridized carbons (Fsp3) is 0.467. The van der Waals surface area contributed by atoms with Crippen LogP contribution in [0.25, 0.3) is 6.08 Å². The van der Waals surface area contributed by atoms with Gasteiger partial charge in [0.05, 0.1) is 5.76 Å². The maximum absolute atomic E-state index is 10.8. The minimum absolute atomic E-state index is 0.178. The highest BCUT2D eigenvalue weighted by atomic mass is 16.6. The van der Waals surface area contributed by atoms with E-state index in [0.29, 0.717) is 0 Å². The number of hydrogen-bond donors (Lipinski definition) is 0. The summed E-state index contributed by atoms with van der Waals surface area (Å²) in [7, 11) is 0. The quantitative estimate of drug-likeness (QED) is 0.442. The zero-order chi connectivity index (χ0) is 13.7. The summed E-state index contributed by atoms with van der Waals surface area (Å²) < 4.78 is 5.79. The highest BCUT2D eigenvalue weighted by Gasteiger charge is 2.26. The van der Waals surface area contributed by atoms with Crippen molar-refractivity contribution in [3.63, 3.8) is 0 Å². The number of hydrogen-bond acceptors (Lipinski definition) is 3. The summed E-state index contributed by atoms with van der Waals surface area (Å²) in [5.41, 5.74) is 1.96. The number of benzene rings is 1. The van der Waals surface area contributed by atoms with E-state index in [2.05, 4.69) is 6.92 Å². The molecule has 1 aromatic carbocycles. The molecule has 102 valence electrons. The van der Waals surface area contributed by atoms with Crippen LogP contribution >= 0.6 is 0 Å². The van der Waals surface area contributed by atoms with Crippen molar-refractivity contribution in [1.82, 2.24) is 0 Å². The van der Waals surface area contributed by atoms with E-state index in [9.17, 15) is 10.1 Å². The molecule has 1 atom stereocenters. The van der Waals surface area contributed by atoms with E-state index in [1.807, 2.05) is 30.3 Å². The molecule has 0 spiro atoms. The fourth-order valence-electron chi connectivity index (χ4n) is 2.34. The van der Waals surface area contributed by atoms with Crippen molar-refractivity contribution in [2.24, 2.45) is 0 Å². The normalized spacial score (nSPS) is 17.3. The van der Waals surface area contributed by atoms with Crippen LogP contribution in [0, 0.1) is 10.1 Å². The lowest BCUT2D eigenvalue weighted by Crippen LogP contribution is -2.19. The third-order valence-electron chi connectivity index (χ3n) is 3.29. The molecule has 4 nitrogen and oxygen atoms in total. The standard InChI is InChI=1S/C15H19NO3/c1-2-3-4-8-13-10-12-7-5-6-9-14(12)15(19-13)11-16(17)18/h5-7,9-10,15H,2-4,8,11H2,1H3. The van der Waals surface area contributed by atoms with E-state index in [0.717, 1.165) is 42.6 Å². The second-order valence-electron chi connectivity index (χ2n) is 4.82. The van der Waals surface area contributed by atoms with Crippen molar-refractivity contribution in [2.45, 2.75) is 38.7 Å². The number of nitrogens with zero attached hydrogens (tertiary/aromatic N) is 1. The number of allylic oxidation sites excluding steroid dienone is 1. The molecule has 1 aromatic rings. The van der Waals surface area contributed by atoms with Crippen molar-refractivity contribution in [3.05, 3.63) is 51.3 Å². The van der Waals surface area contributed by atoms with E-state index < -0.39 is 6.10 Å². The zero-order valence-electron chi connectivity index (χ0n) is 11.2. The molecule has 0 radical (unpaired) electrons. The molecule has 1 unspecified atom stereocenters. The van der Waals surface area contributed by atoms with Gasteiger partial charge in [0, 0.05) is 16.9 Å². The lowest BCUT2D eigenvalue weighted by Gasteiger charge is -2.24. The molecule has 1 heterocycles. The number of unbranched alkanes of at least 4 members (excludes halogenated alkanes) is 2. The lowest BCUT2D eigenvalue weighted by molar-refractivity contribution is -0.491. The Hall–Kier alpha value is -1.84. The van der Waals surface area contributed by atoms with E-state index >= 15 is 0 Å². The Bertz CT molecular complexity index is 482. The number of fused-ring (bicyclic) bond motifs is 1. The Labute approximate surface area is 113 Å². The van der Waals surface area contributed by atoms with Crippen LogP contribution in [0.4, 0.5) is 0 Å². The Kier molecular flexibility index (Phi) is 4.55. The molecule has 1 aliphatic heterocycles. The molecule has 0 bridgehead atoms. The van der Waals surface area contributed by atoms with Gasteiger partial charge in [-0.3, -0.25) is 10.1 Å². The molecule has 1 aliphatic rings. The van der Waals surface area contributed by atoms with Crippen molar-refractivity contribution < 1.29 is 9.66 Å². The van der Waals surface area contributed by atoms with Gasteiger partial charge in [0.1, 0.15) is 0 Å². The summed E-state index contributed by atoms with van der Waals surface area (Å²) in [6, 6.07) is 7.74. The molecular weight excluding hydrogens is 242 g/mol. The minimum atomic E-state index is -0.451.